The molecule has 1 heterocycles. The Hall–Kier alpha value is -0.410. The van der Waals surface area contributed by atoms with Gasteiger partial charge in [-0.25, -0.2) is 0 Å². The number of rotatable bonds is 4. The highest BCUT2D eigenvalue weighted by Gasteiger charge is 2.33. The van der Waals surface area contributed by atoms with E-state index in [1.165, 1.54) is 5.92 Å². The summed E-state index contributed by atoms with van der Waals surface area (Å²) in [5.74, 6) is 1.48. The Morgan fingerprint density at radius 3 is 2.20 bits per heavy atom. The second-order valence-electron chi connectivity index (χ2n) is 5.09. The summed E-state index contributed by atoms with van der Waals surface area (Å²) in [5, 5.41) is 10.1. The third-order valence-corrected chi connectivity index (χ3v) is 2.90. The van der Waals surface area contributed by atoms with Crippen LogP contribution in [0.15, 0.2) is 0 Å². The van der Waals surface area contributed by atoms with Gasteiger partial charge in [-0.15, -0.1) is 0 Å². The minimum Gasteiger partial charge on any atom is -0.389 e. The molecule has 0 aromatic heterocycles. The zero-order chi connectivity index (χ0) is 11.5. The van der Waals surface area contributed by atoms with Crippen LogP contribution in [0.1, 0.15) is 40.0 Å². The number of Topliss-reactive ketones (excluding diaryl/α,β-unsaturated/α-hetero) is 1. The number of nitrogens with zero attached hydrogens (tertiary/aromatic N) is 1. The Bertz CT molecular complexity index is 218. The first-order chi connectivity index (χ1) is 6.91. The van der Waals surface area contributed by atoms with Crippen molar-refractivity contribution in [2.75, 3.05) is 19.6 Å². The fourth-order valence-electron chi connectivity index (χ4n) is 2.21. The van der Waals surface area contributed by atoms with Gasteiger partial charge in [0.2, 0.25) is 0 Å². The van der Waals surface area contributed by atoms with Crippen LogP contribution in [-0.4, -0.2) is 41.0 Å². The van der Waals surface area contributed by atoms with Gasteiger partial charge in [-0.1, -0.05) is 13.8 Å². The van der Waals surface area contributed by atoms with Gasteiger partial charge < -0.3 is 10.0 Å². The molecule has 0 bridgehead atoms. The predicted molar refractivity (Wildman–Crippen MR) is 60.5 cm³/mol. The van der Waals surface area contributed by atoms with Gasteiger partial charge in [0, 0.05) is 26.1 Å². The third kappa shape index (κ3) is 4.31. The van der Waals surface area contributed by atoms with Crippen LogP contribution in [0.3, 0.4) is 0 Å². The number of piperidine rings is 1. The zero-order valence-electron chi connectivity index (χ0n) is 10.0. The van der Waals surface area contributed by atoms with Crippen LogP contribution in [0.4, 0.5) is 0 Å². The van der Waals surface area contributed by atoms with Gasteiger partial charge in [-0.05, 0) is 25.7 Å². The second-order valence-corrected chi connectivity index (χ2v) is 5.09. The van der Waals surface area contributed by atoms with E-state index in [1.54, 1.807) is 6.92 Å². The third-order valence-electron chi connectivity index (χ3n) is 2.90. The number of ketones is 1. The molecule has 3 nitrogen and oxygen atoms in total. The van der Waals surface area contributed by atoms with Crippen LogP contribution in [-0.2, 0) is 4.79 Å². The van der Waals surface area contributed by atoms with Crippen LogP contribution in [0, 0.1) is 5.92 Å². The number of hydrogen-bond donors (Lipinski definition) is 1. The smallest absolute Gasteiger partial charge is 0.132 e. The number of aliphatic hydroxyl groups is 1. The van der Waals surface area contributed by atoms with Gasteiger partial charge in [0.05, 0.1) is 5.60 Å². The van der Waals surface area contributed by atoms with E-state index in [-0.39, 0.29) is 5.78 Å². The molecule has 87 valence electrons. The summed E-state index contributed by atoms with van der Waals surface area (Å²) in [6, 6.07) is 0. The minimum absolute atomic E-state index is 0.0872. The van der Waals surface area contributed by atoms with Gasteiger partial charge in [0.1, 0.15) is 5.78 Å². The molecule has 1 radical (unpaired) electrons. The number of carbonyl (C=O) groups is 1. The van der Waals surface area contributed by atoms with Crippen molar-refractivity contribution in [2.45, 2.75) is 45.6 Å². The predicted octanol–water partition coefficient (Wildman–Crippen LogP) is 1.41. The van der Waals surface area contributed by atoms with Crippen molar-refractivity contribution in [1.82, 2.24) is 4.90 Å². The first-order valence-electron chi connectivity index (χ1n) is 5.64. The zero-order valence-corrected chi connectivity index (χ0v) is 10.0. The van der Waals surface area contributed by atoms with Crippen LogP contribution < -0.4 is 0 Å². The lowest BCUT2D eigenvalue weighted by atomic mass is 9.86. The van der Waals surface area contributed by atoms with Crippen LogP contribution in [0.2, 0.25) is 0 Å². The maximum Gasteiger partial charge on any atom is 0.132 e. The van der Waals surface area contributed by atoms with Crippen molar-refractivity contribution >= 4 is 5.78 Å². The molecule has 3 heteroatoms. The highest BCUT2D eigenvalue weighted by Crippen LogP contribution is 2.26. The van der Waals surface area contributed by atoms with E-state index in [0.717, 1.165) is 32.5 Å². The van der Waals surface area contributed by atoms with Crippen molar-refractivity contribution in [3.8, 4) is 0 Å². The summed E-state index contributed by atoms with van der Waals surface area (Å²) < 4.78 is 0. The van der Waals surface area contributed by atoms with E-state index >= 15 is 0 Å². The number of carbonyl (C=O) groups excluding carboxylic acids is 1. The Labute approximate surface area is 92.5 Å². The molecule has 1 aliphatic heterocycles. The lowest BCUT2D eigenvalue weighted by Crippen LogP contribution is -2.46. The summed E-state index contributed by atoms with van der Waals surface area (Å²) in [5.41, 5.74) is -0.732. The van der Waals surface area contributed by atoms with E-state index in [1.807, 2.05) is 0 Å². The SMILES string of the molecule is C[C](C)CN1CCC(O)(CC(C)=O)CC1. The monoisotopic (exact) mass is 212 g/mol. The van der Waals surface area contributed by atoms with Crippen molar-refractivity contribution in [3.05, 3.63) is 5.92 Å². The molecule has 15 heavy (non-hydrogen) atoms. The van der Waals surface area contributed by atoms with E-state index in [0.29, 0.717) is 6.42 Å². The van der Waals surface area contributed by atoms with E-state index in [9.17, 15) is 9.90 Å². The van der Waals surface area contributed by atoms with Crippen molar-refractivity contribution < 1.29 is 9.90 Å². The summed E-state index contributed by atoms with van der Waals surface area (Å²) in [6.45, 7) is 8.60. The Morgan fingerprint density at radius 1 is 1.27 bits per heavy atom. The summed E-state index contributed by atoms with van der Waals surface area (Å²) in [6.07, 6.45) is 1.76. The maximum atomic E-state index is 11.0. The highest BCUT2D eigenvalue weighted by molar-refractivity contribution is 5.76. The molecule has 1 fully saturated rings. The standard InChI is InChI=1S/C12H22NO2/c1-10(2)9-13-6-4-12(15,5-7-13)8-11(3)14/h15H,4-9H2,1-3H3. The highest BCUT2D eigenvalue weighted by atomic mass is 16.3. The average Bonchev–Trinajstić information content (AvgIpc) is 2.07. The molecule has 0 aromatic rings. The molecule has 1 N–H and O–H groups in total. The Morgan fingerprint density at radius 2 is 1.80 bits per heavy atom. The normalized spacial score (nSPS) is 21.9. The average molecular weight is 212 g/mol. The summed E-state index contributed by atoms with van der Waals surface area (Å²) in [7, 11) is 0. The summed E-state index contributed by atoms with van der Waals surface area (Å²) >= 11 is 0. The minimum atomic E-state index is -0.732. The number of hydrogen-bond acceptors (Lipinski definition) is 3. The number of likely N-dealkylation sites (tertiary alicyclic amines) is 1. The topological polar surface area (TPSA) is 40.5 Å². The molecule has 0 aliphatic carbocycles. The van der Waals surface area contributed by atoms with Crippen LogP contribution in [0.5, 0.6) is 0 Å². The molecular formula is C12H22NO2. The first-order valence-corrected chi connectivity index (χ1v) is 5.64. The quantitative estimate of drug-likeness (QED) is 0.766. The molecule has 0 saturated carbocycles. The fourth-order valence-corrected chi connectivity index (χ4v) is 2.21. The lowest BCUT2D eigenvalue weighted by molar-refractivity contribution is -0.124. The molecule has 0 atom stereocenters. The van der Waals surface area contributed by atoms with E-state index < -0.39 is 5.60 Å². The molecule has 1 saturated heterocycles. The largest absolute Gasteiger partial charge is 0.389 e. The molecule has 0 spiro atoms. The van der Waals surface area contributed by atoms with E-state index in [4.69, 9.17) is 0 Å². The Balaban J connectivity index is 2.37. The summed E-state index contributed by atoms with van der Waals surface area (Å²) in [4.78, 5) is 13.3. The fraction of sp³-hybridized carbons (Fsp3) is 0.833. The van der Waals surface area contributed by atoms with Crippen molar-refractivity contribution in [1.29, 1.82) is 0 Å². The Kier molecular flexibility index (Phi) is 4.29. The van der Waals surface area contributed by atoms with Gasteiger partial charge in [-0.2, -0.15) is 0 Å². The van der Waals surface area contributed by atoms with Gasteiger partial charge in [-0.3, -0.25) is 4.79 Å². The van der Waals surface area contributed by atoms with Crippen molar-refractivity contribution in [2.24, 2.45) is 0 Å². The van der Waals surface area contributed by atoms with Gasteiger partial charge in [0.25, 0.3) is 0 Å². The molecule has 1 aliphatic rings. The molecule has 0 aromatic carbocycles. The first kappa shape index (κ1) is 12.7. The lowest BCUT2D eigenvalue weighted by Gasteiger charge is -2.38. The van der Waals surface area contributed by atoms with Crippen molar-refractivity contribution in [3.63, 3.8) is 0 Å². The van der Waals surface area contributed by atoms with Crippen LogP contribution in [0.25, 0.3) is 0 Å². The van der Waals surface area contributed by atoms with Gasteiger partial charge in [0.15, 0.2) is 0 Å². The molecular weight excluding hydrogens is 190 g/mol. The second kappa shape index (κ2) is 5.08. The van der Waals surface area contributed by atoms with Gasteiger partial charge >= 0.3 is 0 Å². The van der Waals surface area contributed by atoms with E-state index in [2.05, 4.69) is 18.7 Å². The molecule has 0 amide bonds. The molecule has 0 unspecified atom stereocenters. The maximum absolute atomic E-state index is 11.0. The molecule has 1 rings (SSSR count). The van der Waals surface area contributed by atoms with Crippen LogP contribution >= 0.6 is 0 Å².